The summed E-state index contributed by atoms with van der Waals surface area (Å²) in [7, 11) is 1.63. The van der Waals surface area contributed by atoms with Gasteiger partial charge in [0.15, 0.2) is 0 Å². The Morgan fingerprint density at radius 3 is 2.72 bits per heavy atom. The zero-order valence-electron chi connectivity index (χ0n) is 10.3. The molecule has 0 unspecified atom stereocenters. The number of hydrogen-bond donors (Lipinski definition) is 1. The van der Waals surface area contributed by atoms with Gasteiger partial charge >= 0.3 is 0 Å². The lowest BCUT2D eigenvalue weighted by atomic mass is 10.1. The molecule has 0 aliphatic rings. The van der Waals surface area contributed by atoms with Crippen LogP contribution in [0.15, 0.2) is 36.4 Å². The van der Waals surface area contributed by atoms with Crippen molar-refractivity contribution in [2.24, 2.45) is 0 Å². The van der Waals surface area contributed by atoms with Crippen molar-refractivity contribution in [1.29, 1.82) is 0 Å². The standard InChI is InChI=1S/C14H13N3O/c1-9-7-13(17-16-9)11-8-10-5-3-4-6-12(10)15-14(11)18-2/h3-8H,1-2H3,(H,16,17). The van der Waals surface area contributed by atoms with Crippen LogP contribution < -0.4 is 4.74 Å². The lowest BCUT2D eigenvalue weighted by Crippen LogP contribution is -1.93. The second kappa shape index (κ2) is 4.14. The second-order valence-corrected chi connectivity index (χ2v) is 4.17. The molecule has 4 nitrogen and oxygen atoms in total. The minimum absolute atomic E-state index is 0.597. The predicted octanol–water partition coefficient (Wildman–Crippen LogP) is 2.94. The molecule has 0 spiro atoms. The van der Waals surface area contributed by atoms with Crippen molar-refractivity contribution in [1.82, 2.24) is 15.2 Å². The van der Waals surface area contributed by atoms with Crippen LogP contribution in [0.1, 0.15) is 5.69 Å². The first kappa shape index (κ1) is 10.8. The summed E-state index contributed by atoms with van der Waals surface area (Å²) in [5.74, 6) is 0.597. The van der Waals surface area contributed by atoms with Crippen LogP contribution in [0.3, 0.4) is 0 Å². The van der Waals surface area contributed by atoms with E-state index in [9.17, 15) is 0 Å². The number of ether oxygens (including phenoxy) is 1. The van der Waals surface area contributed by atoms with Gasteiger partial charge in [-0.05, 0) is 25.1 Å². The number of nitrogens with one attached hydrogen (secondary N) is 1. The highest BCUT2D eigenvalue weighted by Crippen LogP contribution is 2.30. The largest absolute Gasteiger partial charge is 0.480 e. The minimum atomic E-state index is 0.597. The molecule has 0 saturated carbocycles. The maximum atomic E-state index is 5.35. The molecule has 0 aliphatic carbocycles. The van der Waals surface area contributed by atoms with Crippen LogP contribution in [0.2, 0.25) is 0 Å². The van der Waals surface area contributed by atoms with Crippen LogP contribution >= 0.6 is 0 Å². The number of aryl methyl sites for hydroxylation is 1. The monoisotopic (exact) mass is 239 g/mol. The lowest BCUT2D eigenvalue weighted by molar-refractivity contribution is 0.401. The van der Waals surface area contributed by atoms with E-state index >= 15 is 0 Å². The summed E-state index contributed by atoms with van der Waals surface area (Å²) in [6.07, 6.45) is 0. The Morgan fingerprint density at radius 1 is 1.17 bits per heavy atom. The third-order valence-electron chi connectivity index (χ3n) is 2.86. The fourth-order valence-electron chi connectivity index (χ4n) is 1.99. The number of aromatic amines is 1. The van der Waals surface area contributed by atoms with Gasteiger partial charge in [0.1, 0.15) is 0 Å². The fraction of sp³-hybridized carbons (Fsp3) is 0.143. The summed E-state index contributed by atoms with van der Waals surface area (Å²) in [6, 6.07) is 12.0. The van der Waals surface area contributed by atoms with E-state index in [4.69, 9.17) is 4.74 Å². The molecule has 0 atom stereocenters. The van der Waals surface area contributed by atoms with E-state index in [2.05, 4.69) is 21.2 Å². The van der Waals surface area contributed by atoms with Gasteiger partial charge in [-0.15, -0.1) is 0 Å². The summed E-state index contributed by atoms with van der Waals surface area (Å²) in [6.45, 7) is 1.97. The van der Waals surface area contributed by atoms with E-state index < -0.39 is 0 Å². The lowest BCUT2D eigenvalue weighted by Gasteiger charge is -2.07. The number of nitrogens with zero attached hydrogens (tertiary/aromatic N) is 2. The molecule has 0 aliphatic heterocycles. The Morgan fingerprint density at radius 2 is 2.00 bits per heavy atom. The molecule has 0 radical (unpaired) electrons. The molecule has 1 aromatic carbocycles. The quantitative estimate of drug-likeness (QED) is 0.748. The Bertz CT molecular complexity index is 703. The van der Waals surface area contributed by atoms with Gasteiger partial charge in [-0.25, -0.2) is 4.98 Å². The van der Waals surface area contributed by atoms with Crippen LogP contribution in [-0.2, 0) is 0 Å². The first-order chi connectivity index (χ1) is 8.78. The predicted molar refractivity (Wildman–Crippen MR) is 70.6 cm³/mol. The van der Waals surface area contributed by atoms with Gasteiger partial charge in [-0.1, -0.05) is 18.2 Å². The number of H-pyrrole nitrogens is 1. The molecular formula is C14H13N3O. The Labute approximate surface area is 105 Å². The average molecular weight is 239 g/mol. The van der Waals surface area contributed by atoms with Gasteiger partial charge in [-0.2, -0.15) is 5.10 Å². The van der Waals surface area contributed by atoms with E-state index in [0.29, 0.717) is 5.88 Å². The molecule has 2 aromatic heterocycles. The molecule has 18 heavy (non-hydrogen) atoms. The highest BCUT2D eigenvalue weighted by Gasteiger charge is 2.11. The van der Waals surface area contributed by atoms with Gasteiger partial charge in [-0.3, -0.25) is 5.10 Å². The first-order valence-electron chi connectivity index (χ1n) is 5.74. The average Bonchev–Trinajstić information content (AvgIpc) is 2.83. The molecule has 3 rings (SSSR count). The molecule has 3 aromatic rings. The maximum Gasteiger partial charge on any atom is 0.223 e. The van der Waals surface area contributed by atoms with Crippen molar-refractivity contribution >= 4 is 10.9 Å². The number of methoxy groups -OCH3 is 1. The van der Waals surface area contributed by atoms with Gasteiger partial charge in [0.2, 0.25) is 5.88 Å². The number of rotatable bonds is 2. The molecule has 0 amide bonds. The number of fused-ring (bicyclic) bond motifs is 1. The molecular weight excluding hydrogens is 226 g/mol. The highest BCUT2D eigenvalue weighted by atomic mass is 16.5. The van der Waals surface area contributed by atoms with E-state index in [-0.39, 0.29) is 0 Å². The summed E-state index contributed by atoms with van der Waals surface area (Å²) in [5.41, 5.74) is 3.69. The summed E-state index contributed by atoms with van der Waals surface area (Å²) in [5, 5.41) is 8.27. The minimum Gasteiger partial charge on any atom is -0.480 e. The third-order valence-corrected chi connectivity index (χ3v) is 2.86. The molecule has 2 heterocycles. The Kier molecular flexibility index (Phi) is 2.48. The number of para-hydroxylation sites is 1. The molecule has 90 valence electrons. The van der Waals surface area contributed by atoms with Gasteiger partial charge < -0.3 is 4.74 Å². The number of hydrogen-bond acceptors (Lipinski definition) is 3. The van der Waals surface area contributed by atoms with E-state index in [1.54, 1.807) is 7.11 Å². The summed E-state index contributed by atoms with van der Waals surface area (Å²) < 4.78 is 5.35. The molecule has 0 saturated heterocycles. The van der Waals surface area contributed by atoms with Crippen molar-refractivity contribution < 1.29 is 4.74 Å². The Balaban J connectivity index is 2.26. The van der Waals surface area contributed by atoms with Crippen LogP contribution in [0.5, 0.6) is 5.88 Å². The van der Waals surface area contributed by atoms with Crippen molar-refractivity contribution in [3.05, 3.63) is 42.1 Å². The maximum absolute atomic E-state index is 5.35. The van der Waals surface area contributed by atoms with Crippen LogP contribution in [0.25, 0.3) is 22.2 Å². The normalized spacial score (nSPS) is 10.8. The zero-order valence-corrected chi connectivity index (χ0v) is 10.3. The fourth-order valence-corrected chi connectivity index (χ4v) is 1.99. The number of benzene rings is 1. The van der Waals surface area contributed by atoms with Gasteiger partial charge in [0, 0.05) is 11.1 Å². The molecule has 0 fully saturated rings. The van der Waals surface area contributed by atoms with Crippen LogP contribution in [-0.4, -0.2) is 22.3 Å². The molecule has 0 bridgehead atoms. The third kappa shape index (κ3) is 1.72. The second-order valence-electron chi connectivity index (χ2n) is 4.17. The SMILES string of the molecule is COc1nc2ccccc2cc1-c1cc(C)[nH]n1. The summed E-state index contributed by atoms with van der Waals surface area (Å²) in [4.78, 5) is 4.50. The van der Waals surface area contributed by atoms with Crippen molar-refractivity contribution in [3.8, 4) is 17.1 Å². The molecule has 1 N–H and O–H groups in total. The van der Waals surface area contributed by atoms with Crippen LogP contribution in [0.4, 0.5) is 0 Å². The topological polar surface area (TPSA) is 50.8 Å². The van der Waals surface area contributed by atoms with Crippen molar-refractivity contribution in [2.75, 3.05) is 7.11 Å². The van der Waals surface area contributed by atoms with E-state index in [1.807, 2.05) is 37.3 Å². The van der Waals surface area contributed by atoms with Crippen molar-refractivity contribution in [3.63, 3.8) is 0 Å². The van der Waals surface area contributed by atoms with Crippen LogP contribution in [0, 0.1) is 6.92 Å². The van der Waals surface area contributed by atoms with Crippen molar-refractivity contribution in [2.45, 2.75) is 6.92 Å². The first-order valence-corrected chi connectivity index (χ1v) is 5.74. The number of aromatic nitrogens is 3. The smallest absolute Gasteiger partial charge is 0.223 e. The van der Waals surface area contributed by atoms with Gasteiger partial charge in [0.25, 0.3) is 0 Å². The number of pyridine rings is 1. The summed E-state index contributed by atoms with van der Waals surface area (Å²) >= 11 is 0. The zero-order chi connectivity index (χ0) is 12.5. The Hall–Kier alpha value is -2.36. The van der Waals surface area contributed by atoms with E-state index in [1.165, 1.54) is 0 Å². The molecule has 4 heteroatoms. The van der Waals surface area contributed by atoms with Gasteiger partial charge in [0.05, 0.1) is 23.9 Å². The van der Waals surface area contributed by atoms with E-state index in [0.717, 1.165) is 27.9 Å². The highest BCUT2D eigenvalue weighted by molar-refractivity contribution is 5.85.